The fraction of sp³-hybridized carbons (Fsp3) is 0.429. The number of hydrogen-bond acceptors (Lipinski definition) is 5. The van der Waals surface area contributed by atoms with Crippen LogP contribution in [0.5, 0.6) is 0 Å². The van der Waals surface area contributed by atoms with E-state index in [2.05, 4.69) is 10.1 Å². The molecule has 1 heterocycles. The first-order valence-corrected chi connectivity index (χ1v) is 8.14. The summed E-state index contributed by atoms with van der Waals surface area (Å²) in [6.45, 7) is 1.61. The third kappa shape index (κ3) is 4.44. The van der Waals surface area contributed by atoms with E-state index in [0.717, 1.165) is 0 Å². The molecule has 0 amide bonds. The highest BCUT2D eigenvalue weighted by atomic mass is 32.2. The summed E-state index contributed by atoms with van der Waals surface area (Å²) in [6.07, 6.45) is 1.15. The predicted molar refractivity (Wildman–Crippen MR) is 77.7 cm³/mol. The van der Waals surface area contributed by atoms with Gasteiger partial charge in [0.25, 0.3) is 0 Å². The smallest absolute Gasteiger partial charge is 0.226 e. The summed E-state index contributed by atoms with van der Waals surface area (Å²) >= 11 is 0. The number of aliphatic hydroxyl groups is 1. The van der Waals surface area contributed by atoms with Crippen LogP contribution in [0.4, 0.5) is 4.39 Å². The largest absolute Gasteiger partial charge is 0.395 e. The van der Waals surface area contributed by atoms with Crippen molar-refractivity contribution in [2.24, 2.45) is 0 Å². The van der Waals surface area contributed by atoms with Gasteiger partial charge in [-0.2, -0.15) is 4.98 Å². The van der Waals surface area contributed by atoms with E-state index in [1.165, 1.54) is 6.07 Å². The molecule has 1 N–H and O–H groups in total. The van der Waals surface area contributed by atoms with Gasteiger partial charge < -0.3 is 9.63 Å². The van der Waals surface area contributed by atoms with Crippen molar-refractivity contribution >= 4 is 10.8 Å². The molecule has 1 aromatic carbocycles. The Morgan fingerprint density at radius 1 is 1.38 bits per heavy atom. The highest BCUT2D eigenvalue weighted by Gasteiger charge is 2.10. The van der Waals surface area contributed by atoms with E-state index in [9.17, 15) is 8.60 Å². The first-order chi connectivity index (χ1) is 10.1. The summed E-state index contributed by atoms with van der Waals surface area (Å²) in [5, 5.41) is 12.5. The molecule has 0 saturated heterocycles. The second-order valence-electron chi connectivity index (χ2n) is 4.65. The minimum Gasteiger partial charge on any atom is -0.395 e. The summed E-state index contributed by atoms with van der Waals surface area (Å²) < 4.78 is 30.0. The first-order valence-electron chi connectivity index (χ1n) is 6.65. The molecule has 7 heteroatoms. The van der Waals surface area contributed by atoms with Gasteiger partial charge in [0.2, 0.25) is 11.7 Å². The van der Waals surface area contributed by atoms with Crippen molar-refractivity contribution in [3.05, 3.63) is 35.5 Å². The molecule has 0 aliphatic carbocycles. The van der Waals surface area contributed by atoms with Crippen LogP contribution in [-0.2, 0) is 17.2 Å². The maximum atomic E-state index is 13.5. The topological polar surface area (TPSA) is 76.2 Å². The van der Waals surface area contributed by atoms with Gasteiger partial charge in [0.05, 0.1) is 6.61 Å². The highest BCUT2D eigenvalue weighted by molar-refractivity contribution is 7.84. The van der Waals surface area contributed by atoms with Crippen molar-refractivity contribution in [2.45, 2.75) is 19.8 Å². The monoisotopic (exact) mass is 312 g/mol. The van der Waals surface area contributed by atoms with Crippen LogP contribution in [0.1, 0.15) is 17.9 Å². The van der Waals surface area contributed by atoms with Crippen LogP contribution >= 0.6 is 0 Å². The van der Waals surface area contributed by atoms with E-state index in [1.54, 1.807) is 19.1 Å². The van der Waals surface area contributed by atoms with E-state index in [-0.39, 0.29) is 18.2 Å². The van der Waals surface area contributed by atoms with Gasteiger partial charge in [-0.25, -0.2) is 4.39 Å². The number of rotatable bonds is 7. The number of hydrogen-bond donors (Lipinski definition) is 1. The molecular formula is C14H17FN2O3S. The second-order valence-corrected chi connectivity index (χ2v) is 6.35. The Balaban J connectivity index is 1.95. The number of nitrogens with zero attached hydrogens (tertiary/aromatic N) is 2. The molecule has 2 aromatic rings. The van der Waals surface area contributed by atoms with Gasteiger partial charge in [-0.1, -0.05) is 17.3 Å². The molecule has 0 fully saturated rings. The molecule has 0 radical (unpaired) electrons. The Labute approximate surface area is 124 Å². The molecule has 21 heavy (non-hydrogen) atoms. The first kappa shape index (κ1) is 15.8. The van der Waals surface area contributed by atoms with Crippen LogP contribution < -0.4 is 0 Å². The lowest BCUT2D eigenvalue weighted by atomic mass is 10.1. The van der Waals surface area contributed by atoms with E-state index in [1.807, 2.05) is 0 Å². The van der Waals surface area contributed by atoms with Gasteiger partial charge in [-0.05, 0) is 25.0 Å². The maximum absolute atomic E-state index is 13.5. The average molecular weight is 312 g/mol. The lowest BCUT2D eigenvalue weighted by molar-refractivity contribution is 0.321. The van der Waals surface area contributed by atoms with Crippen molar-refractivity contribution < 1.29 is 18.2 Å². The van der Waals surface area contributed by atoms with Crippen molar-refractivity contribution in [1.82, 2.24) is 10.1 Å². The molecule has 2 rings (SSSR count). The Morgan fingerprint density at radius 2 is 2.19 bits per heavy atom. The van der Waals surface area contributed by atoms with Gasteiger partial charge in [-0.3, -0.25) is 4.21 Å². The fourth-order valence-electron chi connectivity index (χ4n) is 1.79. The van der Waals surface area contributed by atoms with Crippen molar-refractivity contribution in [2.75, 3.05) is 18.1 Å². The minimum absolute atomic E-state index is 0.0731. The standard InChI is InChI=1S/C14H17FN2O3S/c1-10-4-5-11(9-12(10)15)14-16-13(20-17-14)3-2-7-21(19)8-6-18/h4-5,9,18H,2-3,6-8H2,1H3. The van der Waals surface area contributed by atoms with Crippen LogP contribution in [-0.4, -0.2) is 37.6 Å². The number of halogens is 1. The number of aliphatic hydroxyl groups excluding tert-OH is 1. The minimum atomic E-state index is -1.02. The van der Waals surface area contributed by atoms with Crippen LogP contribution in [0.3, 0.4) is 0 Å². The SMILES string of the molecule is Cc1ccc(-c2noc(CCCS(=O)CCO)n2)cc1F. The summed E-state index contributed by atoms with van der Waals surface area (Å²) in [4.78, 5) is 4.20. The van der Waals surface area contributed by atoms with Gasteiger partial charge in [0.15, 0.2) is 0 Å². The number of aryl methyl sites for hydroxylation is 2. The number of aromatic nitrogens is 2. The summed E-state index contributed by atoms with van der Waals surface area (Å²) in [5.74, 6) is 1.25. The Morgan fingerprint density at radius 3 is 2.90 bits per heavy atom. The van der Waals surface area contributed by atoms with Crippen molar-refractivity contribution in [1.29, 1.82) is 0 Å². The van der Waals surface area contributed by atoms with E-state index in [4.69, 9.17) is 9.63 Å². The molecular weight excluding hydrogens is 295 g/mol. The highest BCUT2D eigenvalue weighted by Crippen LogP contribution is 2.19. The molecule has 114 valence electrons. The molecule has 1 unspecified atom stereocenters. The average Bonchev–Trinajstić information content (AvgIpc) is 2.91. The van der Waals surface area contributed by atoms with Crippen LogP contribution in [0.15, 0.2) is 22.7 Å². The lowest BCUT2D eigenvalue weighted by Gasteiger charge is -1.98. The third-order valence-electron chi connectivity index (χ3n) is 2.98. The fourth-order valence-corrected chi connectivity index (χ4v) is 2.67. The van der Waals surface area contributed by atoms with Crippen molar-refractivity contribution in [3.8, 4) is 11.4 Å². The molecule has 1 atom stereocenters. The van der Waals surface area contributed by atoms with Gasteiger partial charge in [-0.15, -0.1) is 0 Å². The normalized spacial score (nSPS) is 12.5. The van der Waals surface area contributed by atoms with Crippen LogP contribution in [0.25, 0.3) is 11.4 Å². The molecule has 0 saturated carbocycles. The molecule has 0 bridgehead atoms. The zero-order valence-electron chi connectivity index (χ0n) is 11.7. The second kappa shape index (κ2) is 7.42. The Hall–Kier alpha value is -1.60. The van der Waals surface area contributed by atoms with E-state index < -0.39 is 10.8 Å². The van der Waals surface area contributed by atoms with Gasteiger partial charge >= 0.3 is 0 Å². The zero-order valence-corrected chi connectivity index (χ0v) is 12.5. The quantitative estimate of drug-likeness (QED) is 0.844. The zero-order chi connectivity index (χ0) is 15.2. The maximum Gasteiger partial charge on any atom is 0.226 e. The Kier molecular flexibility index (Phi) is 5.58. The molecule has 0 aliphatic rings. The molecule has 5 nitrogen and oxygen atoms in total. The Bertz CT molecular complexity index is 630. The number of benzene rings is 1. The molecule has 0 spiro atoms. The molecule has 1 aromatic heterocycles. The summed E-state index contributed by atoms with van der Waals surface area (Å²) in [5.41, 5.74) is 1.13. The van der Waals surface area contributed by atoms with Gasteiger partial charge in [0, 0.05) is 34.3 Å². The molecule has 0 aliphatic heterocycles. The van der Waals surface area contributed by atoms with Gasteiger partial charge in [0.1, 0.15) is 5.82 Å². The van der Waals surface area contributed by atoms with Crippen molar-refractivity contribution in [3.63, 3.8) is 0 Å². The summed E-state index contributed by atoms with van der Waals surface area (Å²) in [7, 11) is -1.02. The van der Waals surface area contributed by atoms with E-state index in [0.29, 0.717) is 41.4 Å². The van der Waals surface area contributed by atoms with E-state index >= 15 is 0 Å². The lowest BCUT2D eigenvalue weighted by Crippen LogP contribution is -2.06. The predicted octanol–water partition coefficient (Wildman–Crippen LogP) is 1.86. The van der Waals surface area contributed by atoms with Crippen LogP contribution in [0.2, 0.25) is 0 Å². The summed E-state index contributed by atoms with van der Waals surface area (Å²) in [6, 6.07) is 4.78. The van der Waals surface area contributed by atoms with Crippen LogP contribution in [0, 0.1) is 12.7 Å². The third-order valence-corrected chi connectivity index (χ3v) is 4.36.